The number of hydrogen-bond acceptors (Lipinski definition) is 2. The van der Waals surface area contributed by atoms with Crippen molar-refractivity contribution in [2.45, 2.75) is 0 Å². The molecule has 0 aliphatic rings. The van der Waals surface area contributed by atoms with Crippen LogP contribution in [0.4, 0.5) is 0 Å². The van der Waals surface area contributed by atoms with E-state index in [4.69, 9.17) is 0 Å². The smallest absolute Gasteiger partial charge is 0.261 e. The van der Waals surface area contributed by atoms with Crippen molar-refractivity contribution >= 4 is 17.3 Å². The highest BCUT2D eigenvalue weighted by molar-refractivity contribution is 5.79. The fourth-order valence-electron chi connectivity index (χ4n) is 1.01. The quantitative estimate of drug-likeness (QED) is 0.598. The first kappa shape index (κ1) is 6.09. The highest BCUT2D eigenvalue weighted by Gasteiger charge is 1.96. The summed E-state index contributed by atoms with van der Waals surface area (Å²) >= 11 is 0. The monoisotopic (exact) mass is 145 g/mol. The third kappa shape index (κ3) is 0.902. The molecule has 0 atom stereocenters. The maximum atomic E-state index is 10.2. The Bertz CT molecular complexity index is 359. The van der Waals surface area contributed by atoms with Gasteiger partial charge in [0.1, 0.15) is 0 Å². The molecule has 0 N–H and O–H groups in total. The van der Waals surface area contributed by atoms with Gasteiger partial charge in [0, 0.05) is 11.6 Å². The number of nitrogens with zero attached hydrogens (tertiary/aromatic N) is 2. The molecule has 0 saturated heterocycles. The first-order valence-electron chi connectivity index (χ1n) is 3.23. The second-order valence-electron chi connectivity index (χ2n) is 2.22. The van der Waals surface area contributed by atoms with Crippen LogP contribution in [0.1, 0.15) is 0 Å². The predicted octanol–water partition coefficient (Wildman–Crippen LogP) is 0.952. The molecule has 11 heavy (non-hydrogen) atoms. The van der Waals surface area contributed by atoms with Crippen LogP contribution in [0.2, 0.25) is 0 Å². The van der Waals surface area contributed by atoms with Crippen molar-refractivity contribution in [1.29, 1.82) is 0 Å². The molecule has 0 spiro atoms. The van der Waals surface area contributed by atoms with E-state index in [-0.39, 0.29) is 0 Å². The molecule has 2 aromatic rings. The van der Waals surface area contributed by atoms with E-state index >= 15 is 0 Å². The summed E-state index contributed by atoms with van der Waals surface area (Å²) < 4.78 is 1.14. The molecule has 0 bridgehead atoms. The maximum Gasteiger partial charge on any atom is 0.338 e. The number of fused-ring (bicyclic) bond motifs is 1. The zero-order chi connectivity index (χ0) is 7.68. The van der Waals surface area contributed by atoms with Crippen LogP contribution in [0.25, 0.3) is 10.9 Å². The first-order valence-corrected chi connectivity index (χ1v) is 3.23. The topological polar surface area (TPSA) is 34.9 Å². The minimum absolute atomic E-state index is 0.816. The molecule has 0 fully saturated rings. The molecule has 3 nitrogen and oxygen atoms in total. The third-order valence-corrected chi connectivity index (χ3v) is 1.51. The van der Waals surface area contributed by atoms with Crippen molar-refractivity contribution in [2.24, 2.45) is 0 Å². The Hall–Kier alpha value is -1.64. The van der Waals surface area contributed by atoms with Crippen molar-refractivity contribution in [3.63, 3.8) is 0 Å². The van der Waals surface area contributed by atoms with Crippen molar-refractivity contribution in [3.05, 3.63) is 30.5 Å². The third-order valence-electron chi connectivity index (χ3n) is 1.51. The van der Waals surface area contributed by atoms with Gasteiger partial charge >= 0.3 is 6.41 Å². The summed E-state index contributed by atoms with van der Waals surface area (Å²) in [5.74, 6) is 0. The summed E-state index contributed by atoms with van der Waals surface area (Å²) in [6, 6.07) is 7.53. The Labute approximate surface area is 63.2 Å². The molecular formula is C8H5N2O. The maximum absolute atomic E-state index is 10.2. The number of aromatic nitrogens is 2. The number of benzene rings is 1. The molecule has 3 heteroatoms. The van der Waals surface area contributed by atoms with Crippen molar-refractivity contribution < 1.29 is 4.79 Å². The van der Waals surface area contributed by atoms with E-state index in [0.717, 1.165) is 15.6 Å². The zero-order valence-electron chi connectivity index (χ0n) is 5.69. The molecular weight excluding hydrogens is 140 g/mol. The van der Waals surface area contributed by atoms with Crippen LogP contribution in [-0.4, -0.2) is 16.2 Å². The standard InChI is InChI=1S/C8H5N2O/c11-6-10-5-7-3-1-2-4-8(7)9-10/h1-5H. The number of rotatable bonds is 1. The van der Waals surface area contributed by atoms with E-state index in [9.17, 15) is 4.79 Å². The molecule has 0 aliphatic heterocycles. The lowest BCUT2D eigenvalue weighted by Gasteiger charge is -1.80. The lowest BCUT2D eigenvalue weighted by Crippen LogP contribution is -1.92. The summed E-state index contributed by atoms with van der Waals surface area (Å²) in [6.45, 7) is 0. The van der Waals surface area contributed by atoms with Crippen LogP contribution in [0.5, 0.6) is 0 Å². The van der Waals surface area contributed by atoms with Crippen LogP contribution < -0.4 is 0 Å². The first-order chi connectivity index (χ1) is 5.40. The number of hydrogen-bond donors (Lipinski definition) is 0. The highest BCUT2D eigenvalue weighted by atomic mass is 16.1. The zero-order valence-corrected chi connectivity index (χ0v) is 5.69. The van der Waals surface area contributed by atoms with Crippen LogP contribution in [0, 0.1) is 0 Å². The van der Waals surface area contributed by atoms with Crippen LogP contribution in [-0.2, 0) is 4.79 Å². The van der Waals surface area contributed by atoms with Gasteiger partial charge in [-0.05, 0) is 6.07 Å². The van der Waals surface area contributed by atoms with Crippen LogP contribution in [0.3, 0.4) is 0 Å². The minimum Gasteiger partial charge on any atom is -0.261 e. The Morgan fingerprint density at radius 1 is 1.36 bits per heavy atom. The Morgan fingerprint density at radius 2 is 2.18 bits per heavy atom. The molecule has 0 unspecified atom stereocenters. The summed E-state index contributed by atoms with van der Waals surface area (Å²) in [6.07, 6.45) is 3.31. The molecule has 1 heterocycles. The summed E-state index contributed by atoms with van der Waals surface area (Å²) in [4.78, 5) is 10.2. The lowest BCUT2D eigenvalue weighted by atomic mass is 10.3. The van der Waals surface area contributed by atoms with Crippen molar-refractivity contribution in [1.82, 2.24) is 9.78 Å². The van der Waals surface area contributed by atoms with Gasteiger partial charge in [-0.2, -0.15) is 9.78 Å². The Morgan fingerprint density at radius 3 is 2.91 bits per heavy atom. The van der Waals surface area contributed by atoms with Gasteiger partial charge in [-0.25, -0.2) is 0 Å². The van der Waals surface area contributed by atoms with Gasteiger partial charge in [0.2, 0.25) is 0 Å². The Balaban J connectivity index is 2.78. The van der Waals surface area contributed by atoms with Gasteiger partial charge in [-0.3, -0.25) is 4.79 Å². The normalized spacial score (nSPS) is 10.2. The van der Waals surface area contributed by atoms with Crippen LogP contribution in [0.15, 0.2) is 30.5 Å². The van der Waals surface area contributed by atoms with E-state index < -0.39 is 0 Å². The average Bonchev–Trinajstić information content (AvgIpc) is 2.46. The molecule has 1 aromatic heterocycles. The van der Waals surface area contributed by atoms with Gasteiger partial charge in [-0.15, -0.1) is 0 Å². The second-order valence-corrected chi connectivity index (χ2v) is 2.22. The molecule has 2 rings (SSSR count). The van der Waals surface area contributed by atoms with Crippen molar-refractivity contribution in [2.75, 3.05) is 0 Å². The molecule has 0 aliphatic carbocycles. The van der Waals surface area contributed by atoms with E-state index in [1.807, 2.05) is 24.3 Å². The van der Waals surface area contributed by atoms with E-state index in [1.54, 1.807) is 12.6 Å². The van der Waals surface area contributed by atoms with Crippen LogP contribution >= 0.6 is 0 Å². The molecule has 0 amide bonds. The number of carbonyl (C=O) groups excluding carboxylic acids is 1. The highest BCUT2D eigenvalue weighted by Crippen LogP contribution is 2.09. The molecule has 1 aromatic carbocycles. The molecule has 1 radical (unpaired) electrons. The van der Waals surface area contributed by atoms with Gasteiger partial charge < -0.3 is 0 Å². The van der Waals surface area contributed by atoms with Gasteiger partial charge in [0.15, 0.2) is 0 Å². The summed E-state index contributed by atoms with van der Waals surface area (Å²) in [7, 11) is 0. The van der Waals surface area contributed by atoms with Crippen molar-refractivity contribution in [3.8, 4) is 0 Å². The molecule has 0 saturated carbocycles. The predicted molar refractivity (Wildman–Crippen MR) is 40.8 cm³/mol. The Kier molecular flexibility index (Phi) is 1.22. The minimum atomic E-state index is 0.816. The van der Waals surface area contributed by atoms with Gasteiger partial charge in [0.05, 0.1) is 5.52 Å². The van der Waals surface area contributed by atoms with E-state index in [1.165, 1.54) is 0 Å². The van der Waals surface area contributed by atoms with Gasteiger partial charge in [-0.1, -0.05) is 18.2 Å². The summed E-state index contributed by atoms with van der Waals surface area (Å²) in [5, 5.41) is 4.88. The average molecular weight is 145 g/mol. The fourth-order valence-corrected chi connectivity index (χ4v) is 1.01. The summed E-state index contributed by atoms with van der Waals surface area (Å²) in [5.41, 5.74) is 0.816. The largest absolute Gasteiger partial charge is 0.338 e. The van der Waals surface area contributed by atoms with E-state index in [0.29, 0.717) is 0 Å². The fraction of sp³-hybridized carbons (Fsp3) is 0. The molecule has 53 valence electrons. The lowest BCUT2D eigenvalue weighted by molar-refractivity contribution is 0.541. The SMILES string of the molecule is O=[C]n1cc2ccccc2n1. The van der Waals surface area contributed by atoms with E-state index in [2.05, 4.69) is 5.10 Å². The van der Waals surface area contributed by atoms with Gasteiger partial charge in [0.25, 0.3) is 0 Å². The second kappa shape index (κ2) is 2.20.